The molecular formula is C18H21N3O5. The number of carboxylic acids is 1. The fraction of sp³-hybridized carbons (Fsp3) is 0.389. The van der Waals surface area contributed by atoms with E-state index in [0.29, 0.717) is 23.6 Å². The second-order valence-electron chi connectivity index (χ2n) is 6.25. The molecule has 1 amide bonds. The third-order valence-corrected chi connectivity index (χ3v) is 4.39. The zero-order chi connectivity index (χ0) is 18.8. The lowest BCUT2D eigenvalue weighted by Crippen LogP contribution is -2.31. The minimum Gasteiger partial charge on any atom is -0.486 e. The minimum atomic E-state index is -1.05. The van der Waals surface area contributed by atoms with E-state index in [2.05, 4.69) is 5.10 Å². The number of carboxylic acid groups (broad SMARTS) is 1. The number of aliphatic hydroxyl groups is 1. The molecule has 2 aromatic rings. The molecule has 2 N–H and O–H groups in total. The third-order valence-electron chi connectivity index (χ3n) is 4.39. The van der Waals surface area contributed by atoms with Crippen LogP contribution in [0.25, 0.3) is 0 Å². The van der Waals surface area contributed by atoms with Gasteiger partial charge in [0.25, 0.3) is 5.91 Å². The standard InChI is InChI=1S/C18H21N3O5/c1-3-21-8-14(11(2)19-21)17(23)20-9-15(22)16(10-20)26-13-6-4-5-12(7-13)18(24)25/h4-8,15-16,22H,3,9-10H2,1-2H3,(H,24,25)/t15-,16-/m1/s1. The number of aryl methyl sites for hydroxylation is 2. The van der Waals surface area contributed by atoms with Crippen molar-refractivity contribution in [2.45, 2.75) is 32.6 Å². The molecule has 0 aliphatic carbocycles. The summed E-state index contributed by atoms with van der Waals surface area (Å²) in [6, 6.07) is 6.06. The van der Waals surface area contributed by atoms with Crippen molar-refractivity contribution >= 4 is 11.9 Å². The first-order chi connectivity index (χ1) is 12.4. The average molecular weight is 359 g/mol. The van der Waals surface area contributed by atoms with Crippen LogP contribution in [0.4, 0.5) is 0 Å². The van der Waals surface area contributed by atoms with E-state index < -0.39 is 18.2 Å². The summed E-state index contributed by atoms with van der Waals surface area (Å²) in [6.45, 7) is 4.75. The van der Waals surface area contributed by atoms with Gasteiger partial charge in [-0.2, -0.15) is 5.10 Å². The van der Waals surface area contributed by atoms with Gasteiger partial charge in [-0.05, 0) is 32.0 Å². The predicted molar refractivity (Wildman–Crippen MR) is 92.4 cm³/mol. The molecule has 8 heteroatoms. The molecule has 1 aromatic carbocycles. The van der Waals surface area contributed by atoms with Gasteiger partial charge in [-0.1, -0.05) is 6.07 Å². The second kappa shape index (κ2) is 7.17. The summed E-state index contributed by atoms with van der Waals surface area (Å²) in [5.74, 6) is -0.910. The van der Waals surface area contributed by atoms with Crippen molar-refractivity contribution in [3.63, 3.8) is 0 Å². The molecular weight excluding hydrogens is 338 g/mol. The molecule has 1 aliphatic rings. The maximum atomic E-state index is 12.7. The second-order valence-corrected chi connectivity index (χ2v) is 6.25. The maximum absolute atomic E-state index is 12.7. The quantitative estimate of drug-likeness (QED) is 0.830. The van der Waals surface area contributed by atoms with Crippen LogP contribution in [-0.4, -0.2) is 62.1 Å². The summed E-state index contributed by atoms with van der Waals surface area (Å²) < 4.78 is 7.42. The SMILES string of the molecule is CCn1cc(C(=O)N2C[C@@H](O)[C@H](Oc3cccc(C(=O)O)c3)C2)c(C)n1. The van der Waals surface area contributed by atoms with Crippen LogP contribution < -0.4 is 4.74 Å². The first kappa shape index (κ1) is 17.9. The van der Waals surface area contributed by atoms with Crippen LogP contribution in [0.2, 0.25) is 0 Å². The van der Waals surface area contributed by atoms with E-state index in [1.165, 1.54) is 17.0 Å². The number of hydrogen-bond acceptors (Lipinski definition) is 5. The summed E-state index contributed by atoms with van der Waals surface area (Å²) in [6.07, 6.45) is 0.229. The fourth-order valence-corrected chi connectivity index (χ4v) is 2.98. The summed E-state index contributed by atoms with van der Waals surface area (Å²) in [5, 5.41) is 23.6. The minimum absolute atomic E-state index is 0.102. The van der Waals surface area contributed by atoms with E-state index >= 15 is 0 Å². The number of aromatic nitrogens is 2. The highest BCUT2D eigenvalue weighted by Crippen LogP contribution is 2.22. The van der Waals surface area contributed by atoms with Crippen LogP contribution in [0.5, 0.6) is 5.75 Å². The molecule has 2 heterocycles. The van der Waals surface area contributed by atoms with Gasteiger partial charge in [0.1, 0.15) is 18.0 Å². The van der Waals surface area contributed by atoms with Crippen LogP contribution in [0.15, 0.2) is 30.5 Å². The van der Waals surface area contributed by atoms with Gasteiger partial charge in [0.2, 0.25) is 0 Å². The van der Waals surface area contributed by atoms with Gasteiger partial charge >= 0.3 is 5.97 Å². The van der Waals surface area contributed by atoms with Crippen molar-refractivity contribution in [3.05, 3.63) is 47.3 Å². The Labute approximate surface area is 150 Å². The zero-order valence-corrected chi connectivity index (χ0v) is 14.6. The third kappa shape index (κ3) is 3.55. The Hall–Kier alpha value is -2.87. The number of carbonyl (C=O) groups is 2. The number of carbonyl (C=O) groups excluding carboxylic acids is 1. The van der Waals surface area contributed by atoms with E-state index in [1.807, 2.05) is 6.92 Å². The topological polar surface area (TPSA) is 105 Å². The summed E-state index contributed by atoms with van der Waals surface area (Å²) in [5.41, 5.74) is 1.25. The Morgan fingerprint density at radius 1 is 1.35 bits per heavy atom. The molecule has 0 radical (unpaired) electrons. The molecule has 138 valence electrons. The highest BCUT2D eigenvalue weighted by molar-refractivity contribution is 5.95. The van der Waals surface area contributed by atoms with Crippen molar-refractivity contribution in [2.75, 3.05) is 13.1 Å². The van der Waals surface area contributed by atoms with Gasteiger partial charge < -0.3 is 19.8 Å². The number of β-amino-alcohol motifs (C(OH)–C–C–N with tert-alkyl or cyclic N) is 1. The number of likely N-dealkylation sites (tertiary alicyclic amines) is 1. The lowest BCUT2D eigenvalue weighted by molar-refractivity contribution is 0.0686. The first-order valence-corrected chi connectivity index (χ1v) is 8.40. The van der Waals surface area contributed by atoms with Crippen LogP contribution in [0, 0.1) is 6.92 Å². The number of hydrogen-bond donors (Lipinski definition) is 2. The lowest BCUT2D eigenvalue weighted by Gasteiger charge is -2.17. The van der Waals surface area contributed by atoms with Gasteiger partial charge in [-0.15, -0.1) is 0 Å². The molecule has 26 heavy (non-hydrogen) atoms. The van der Waals surface area contributed by atoms with Gasteiger partial charge in [0, 0.05) is 12.7 Å². The van der Waals surface area contributed by atoms with E-state index in [9.17, 15) is 14.7 Å². The number of amides is 1. The number of nitrogens with zero attached hydrogens (tertiary/aromatic N) is 3. The molecule has 0 spiro atoms. The van der Waals surface area contributed by atoms with Crippen LogP contribution in [-0.2, 0) is 6.54 Å². The van der Waals surface area contributed by atoms with Crippen molar-refractivity contribution in [3.8, 4) is 5.75 Å². The zero-order valence-electron chi connectivity index (χ0n) is 14.6. The highest BCUT2D eigenvalue weighted by Gasteiger charge is 2.37. The molecule has 1 fully saturated rings. The fourth-order valence-electron chi connectivity index (χ4n) is 2.98. The van der Waals surface area contributed by atoms with Crippen LogP contribution in [0.1, 0.15) is 33.3 Å². The molecule has 3 rings (SSSR count). The molecule has 0 bridgehead atoms. The Kier molecular flexibility index (Phi) is 4.94. The van der Waals surface area contributed by atoms with Gasteiger partial charge in [0.05, 0.1) is 29.9 Å². The van der Waals surface area contributed by atoms with E-state index in [0.717, 1.165) is 0 Å². The van der Waals surface area contributed by atoms with Crippen molar-refractivity contribution in [1.82, 2.24) is 14.7 Å². The maximum Gasteiger partial charge on any atom is 0.335 e. The highest BCUT2D eigenvalue weighted by atomic mass is 16.5. The van der Waals surface area contributed by atoms with Crippen molar-refractivity contribution < 1.29 is 24.5 Å². The molecule has 8 nitrogen and oxygen atoms in total. The number of benzene rings is 1. The first-order valence-electron chi connectivity index (χ1n) is 8.40. The molecule has 0 unspecified atom stereocenters. The summed E-state index contributed by atoms with van der Waals surface area (Å²) in [4.78, 5) is 25.3. The summed E-state index contributed by atoms with van der Waals surface area (Å²) >= 11 is 0. The lowest BCUT2D eigenvalue weighted by atomic mass is 10.2. The molecule has 2 atom stereocenters. The number of rotatable bonds is 5. The van der Waals surface area contributed by atoms with Gasteiger partial charge in [0.15, 0.2) is 0 Å². The molecule has 1 aromatic heterocycles. The van der Waals surface area contributed by atoms with Gasteiger partial charge in [-0.25, -0.2) is 4.79 Å². The number of aromatic carboxylic acids is 1. The Balaban J connectivity index is 1.71. The van der Waals surface area contributed by atoms with E-state index in [4.69, 9.17) is 9.84 Å². The largest absolute Gasteiger partial charge is 0.486 e. The van der Waals surface area contributed by atoms with Crippen LogP contribution in [0.3, 0.4) is 0 Å². The van der Waals surface area contributed by atoms with Crippen molar-refractivity contribution in [2.24, 2.45) is 0 Å². The smallest absolute Gasteiger partial charge is 0.335 e. The summed E-state index contributed by atoms with van der Waals surface area (Å²) in [7, 11) is 0. The Morgan fingerprint density at radius 3 is 2.77 bits per heavy atom. The average Bonchev–Trinajstić information content (AvgIpc) is 3.17. The van der Waals surface area contributed by atoms with E-state index in [1.54, 1.807) is 29.9 Å². The number of ether oxygens (including phenoxy) is 1. The monoisotopic (exact) mass is 359 g/mol. The molecule has 1 saturated heterocycles. The van der Waals surface area contributed by atoms with Gasteiger partial charge in [-0.3, -0.25) is 9.48 Å². The van der Waals surface area contributed by atoms with Crippen molar-refractivity contribution in [1.29, 1.82) is 0 Å². The molecule has 1 aliphatic heterocycles. The Morgan fingerprint density at radius 2 is 2.12 bits per heavy atom. The Bertz CT molecular complexity index is 832. The molecule has 0 saturated carbocycles. The van der Waals surface area contributed by atoms with Crippen LogP contribution >= 0.6 is 0 Å². The number of aliphatic hydroxyl groups excluding tert-OH is 1. The normalized spacial score (nSPS) is 19.6. The predicted octanol–water partition coefficient (Wildman–Crippen LogP) is 1.17. The van der Waals surface area contributed by atoms with E-state index in [-0.39, 0.29) is 24.6 Å².